The molecule has 0 amide bonds. The molecule has 2 nitrogen and oxygen atoms in total. The first-order valence-corrected chi connectivity index (χ1v) is 6.36. The average Bonchev–Trinajstić information content (AvgIpc) is 2.86. The van der Waals surface area contributed by atoms with Gasteiger partial charge in [-0.3, -0.25) is 0 Å². The Morgan fingerprint density at radius 2 is 2.29 bits per heavy atom. The molecule has 3 heteroatoms. The van der Waals surface area contributed by atoms with Gasteiger partial charge in [-0.1, -0.05) is 25.7 Å². The fraction of sp³-hybridized carbons (Fsp3) is 0.727. The summed E-state index contributed by atoms with van der Waals surface area (Å²) in [5, 5.41) is 3.31. The van der Waals surface area contributed by atoms with Gasteiger partial charge in [0.25, 0.3) is 0 Å². The van der Waals surface area contributed by atoms with Gasteiger partial charge in [0.05, 0.1) is 5.01 Å². The molecule has 1 unspecified atom stereocenters. The molecule has 0 aromatic carbocycles. The number of nitrogens with two attached hydrogens (primary N) is 1. The standard InChI is InChI=1S/C11H18N2S/c12-8-10(9-3-1-2-4-9)7-11-13-5-6-14-11/h5-6,9-10H,1-4,7-8,12H2. The summed E-state index contributed by atoms with van der Waals surface area (Å²) < 4.78 is 0. The van der Waals surface area contributed by atoms with Crippen LogP contribution in [0.1, 0.15) is 30.7 Å². The molecule has 0 saturated heterocycles. The minimum Gasteiger partial charge on any atom is -0.330 e. The quantitative estimate of drug-likeness (QED) is 0.829. The highest BCUT2D eigenvalue weighted by Crippen LogP contribution is 2.32. The van der Waals surface area contributed by atoms with Gasteiger partial charge in [-0.25, -0.2) is 4.98 Å². The van der Waals surface area contributed by atoms with Crippen LogP contribution in [0.4, 0.5) is 0 Å². The third-order valence-electron chi connectivity index (χ3n) is 3.29. The van der Waals surface area contributed by atoms with E-state index in [2.05, 4.69) is 10.4 Å². The number of rotatable bonds is 4. The second kappa shape index (κ2) is 4.89. The lowest BCUT2D eigenvalue weighted by Crippen LogP contribution is -2.23. The van der Waals surface area contributed by atoms with Crippen molar-refractivity contribution in [3.8, 4) is 0 Å². The van der Waals surface area contributed by atoms with Crippen LogP contribution < -0.4 is 5.73 Å². The van der Waals surface area contributed by atoms with Crippen molar-refractivity contribution in [2.24, 2.45) is 17.6 Å². The first kappa shape index (κ1) is 10.1. The van der Waals surface area contributed by atoms with Crippen LogP contribution in [0.25, 0.3) is 0 Å². The molecular formula is C11H18N2S. The van der Waals surface area contributed by atoms with Crippen LogP contribution in [0.15, 0.2) is 11.6 Å². The van der Waals surface area contributed by atoms with Gasteiger partial charge in [0.1, 0.15) is 0 Å². The summed E-state index contributed by atoms with van der Waals surface area (Å²) in [5.41, 5.74) is 5.85. The molecule has 1 aromatic heterocycles. The average molecular weight is 210 g/mol. The van der Waals surface area contributed by atoms with Crippen LogP contribution in [-0.2, 0) is 6.42 Å². The minimum absolute atomic E-state index is 0.670. The van der Waals surface area contributed by atoms with Gasteiger partial charge in [-0.05, 0) is 18.4 Å². The molecule has 1 aliphatic carbocycles. The second-order valence-corrected chi connectivity index (χ2v) is 5.15. The first-order valence-electron chi connectivity index (χ1n) is 5.48. The van der Waals surface area contributed by atoms with Gasteiger partial charge in [0.15, 0.2) is 0 Å². The summed E-state index contributed by atoms with van der Waals surface area (Å²) in [4.78, 5) is 4.34. The molecule has 1 atom stereocenters. The molecule has 78 valence electrons. The Bertz CT molecular complexity index is 252. The van der Waals surface area contributed by atoms with Gasteiger partial charge in [-0.2, -0.15) is 0 Å². The summed E-state index contributed by atoms with van der Waals surface area (Å²) in [5.74, 6) is 1.53. The number of nitrogens with zero attached hydrogens (tertiary/aromatic N) is 1. The fourth-order valence-corrected chi connectivity index (χ4v) is 3.16. The van der Waals surface area contributed by atoms with Crippen LogP contribution in [0.2, 0.25) is 0 Å². The summed E-state index contributed by atoms with van der Waals surface area (Å²) in [6, 6.07) is 0. The fourth-order valence-electron chi connectivity index (χ4n) is 2.45. The Labute approximate surface area is 89.5 Å². The Balaban J connectivity index is 1.92. The lowest BCUT2D eigenvalue weighted by atomic mass is 9.88. The number of hydrogen-bond donors (Lipinski definition) is 1. The summed E-state index contributed by atoms with van der Waals surface area (Å²) in [6.45, 7) is 0.824. The van der Waals surface area contributed by atoms with Crippen LogP contribution >= 0.6 is 11.3 Å². The molecule has 0 radical (unpaired) electrons. The maximum Gasteiger partial charge on any atom is 0.0928 e. The van der Waals surface area contributed by atoms with Crippen LogP contribution in [-0.4, -0.2) is 11.5 Å². The van der Waals surface area contributed by atoms with E-state index in [9.17, 15) is 0 Å². The molecule has 14 heavy (non-hydrogen) atoms. The van der Waals surface area contributed by atoms with E-state index in [0.29, 0.717) is 5.92 Å². The lowest BCUT2D eigenvalue weighted by molar-refractivity contribution is 0.344. The number of hydrogen-bond acceptors (Lipinski definition) is 3. The zero-order chi connectivity index (χ0) is 9.80. The van der Waals surface area contributed by atoms with Crippen molar-refractivity contribution in [2.75, 3.05) is 6.54 Å². The molecule has 1 fully saturated rings. The first-order chi connectivity index (χ1) is 6.90. The van der Waals surface area contributed by atoms with E-state index in [-0.39, 0.29) is 0 Å². The molecular weight excluding hydrogens is 192 g/mol. The Kier molecular flexibility index (Phi) is 3.54. The number of aromatic nitrogens is 1. The third kappa shape index (κ3) is 2.34. The van der Waals surface area contributed by atoms with E-state index in [1.54, 1.807) is 11.3 Å². The van der Waals surface area contributed by atoms with Crippen molar-refractivity contribution in [2.45, 2.75) is 32.1 Å². The highest BCUT2D eigenvalue weighted by atomic mass is 32.1. The lowest BCUT2D eigenvalue weighted by Gasteiger charge is -2.20. The van der Waals surface area contributed by atoms with E-state index in [0.717, 1.165) is 18.9 Å². The normalized spacial score (nSPS) is 20.1. The van der Waals surface area contributed by atoms with E-state index in [1.807, 2.05) is 6.20 Å². The summed E-state index contributed by atoms with van der Waals surface area (Å²) in [6.07, 6.45) is 8.56. The minimum atomic E-state index is 0.670. The van der Waals surface area contributed by atoms with Crippen molar-refractivity contribution < 1.29 is 0 Å². The van der Waals surface area contributed by atoms with E-state index >= 15 is 0 Å². The highest BCUT2D eigenvalue weighted by Gasteiger charge is 2.24. The zero-order valence-electron chi connectivity index (χ0n) is 8.48. The van der Waals surface area contributed by atoms with Crippen molar-refractivity contribution >= 4 is 11.3 Å². The Hall–Kier alpha value is -0.410. The largest absolute Gasteiger partial charge is 0.330 e. The SMILES string of the molecule is NCC(Cc1nccs1)C1CCCC1. The van der Waals surface area contributed by atoms with E-state index in [4.69, 9.17) is 5.73 Å². The smallest absolute Gasteiger partial charge is 0.0928 e. The Morgan fingerprint density at radius 3 is 2.86 bits per heavy atom. The molecule has 0 spiro atoms. The Morgan fingerprint density at radius 1 is 1.50 bits per heavy atom. The van der Waals surface area contributed by atoms with Crippen LogP contribution in [0.5, 0.6) is 0 Å². The topological polar surface area (TPSA) is 38.9 Å². The summed E-state index contributed by atoms with van der Waals surface area (Å²) >= 11 is 1.76. The molecule has 1 aromatic rings. The predicted octanol–water partition coefficient (Wildman–Crippen LogP) is 2.45. The third-order valence-corrected chi connectivity index (χ3v) is 4.09. The maximum atomic E-state index is 5.85. The van der Waals surface area contributed by atoms with Gasteiger partial charge in [-0.15, -0.1) is 11.3 Å². The van der Waals surface area contributed by atoms with Gasteiger partial charge < -0.3 is 5.73 Å². The molecule has 1 aliphatic rings. The second-order valence-electron chi connectivity index (χ2n) is 4.17. The molecule has 2 N–H and O–H groups in total. The van der Waals surface area contributed by atoms with Crippen molar-refractivity contribution in [3.63, 3.8) is 0 Å². The van der Waals surface area contributed by atoms with Crippen molar-refractivity contribution in [1.29, 1.82) is 0 Å². The zero-order valence-corrected chi connectivity index (χ0v) is 9.30. The van der Waals surface area contributed by atoms with Crippen LogP contribution in [0.3, 0.4) is 0 Å². The highest BCUT2D eigenvalue weighted by molar-refractivity contribution is 7.09. The summed E-state index contributed by atoms with van der Waals surface area (Å²) in [7, 11) is 0. The van der Waals surface area contributed by atoms with E-state index < -0.39 is 0 Å². The molecule has 0 aliphatic heterocycles. The molecule has 0 bridgehead atoms. The van der Waals surface area contributed by atoms with Gasteiger partial charge in [0.2, 0.25) is 0 Å². The van der Waals surface area contributed by atoms with E-state index in [1.165, 1.54) is 30.7 Å². The molecule has 1 saturated carbocycles. The molecule has 2 rings (SSSR count). The van der Waals surface area contributed by atoms with Crippen LogP contribution in [0, 0.1) is 11.8 Å². The molecule has 1 heterocycles. The van der Waals surface area contributed by atoms with Gasteiger partial charge in [0, 0.05) is 18.0 Å². The van der Waals surface area contributed by atoms with Crippen molar-refractivity contribution in [3.05, 3.63) is 16.6 Å². The maximum absolute atomic E-state index is 5.85. The van der Waals surface area contributed by atoms with Crippen molar-refractivity contribution in [1.82, 2.24) is 4.98 Å². The number of thiazole rings is 1. The van der Waals surface area contributed by atoms with Gasteiger partial charge >= 0.3 is 0 Å². The monoisotopic (exact) mass is 210 g/mol. The predicted molar refractivity (Wildman–Crippen MR) is 60.3 cm³/mol.